The summed E-state index contributed by atoms with van der Waals surface area (Å²) in [7, 11) is 1.96. The molecule has 2 rings (SSSR count). The first-order chi connectivity index (χ1) is 6.09. The molecule has 1 aromatic rings. The molecule has 0 amide bonds. The van der Waals surface area contributed by atoms with E-state index in [0.717, 1.165) is 11.2 Å². The highest BCUT2D eigenvalue weighted by Gasteiger charge is 2.27. The van der Waals surface area contributed by atoms with Crippen molar-refractivity contribution in [3.63, 3.8) is 0 Å². The first-order valence-electron chi connectivity index (χ1n) is 4.39. The quantitative estimate of drug-likeness (QED) is 0.601. The summed E-state index contributed by atoms with van der Waals surface area (Å²) in [5.41, 5.74) is 5.93. The molecule has 4 heteroatoms. The highest BCUT2D eigenvalue weighted by Crippen LogP contribution is 2.18. The van der Waals surface area contributed by atoms with E-state index in [4.69, 9.17) is 0 Å². The number of hydrogen-bond acceptors (Lipinski definition) is 2. The summed E-state index contributed by atoms with van der Waals surface area (Å²) in [5.74, 6) is -0.123. The summed E-state index contributed by atoms with van der Waals surface area (Å²) in [5, 5.41) is 0. The van der Waals surface area contributed by atoms with Crippen LogP contribution in [0.4, 0.5) is 10.1 Å². The zero-order valence-corrected chi connectivity index (χ0v) is 8.06. The first kappa shape index (κ1) is 8.57. The van der Waals surface area contributed by atoms with Crippen molar-refractivity contribution in [1.29, 1.82) is 0 Å². The normalized spacial score (nSPS) is 15.8. The van der Waals surface area contributed by atoms with E-state index in [1.54, 1.807) is 13.0 Å². The molecule has 0 bridgehead atoms. The van der Waals surface area contributed by atoms with Crippen molar-refractivity contribution in [2.45, 2.75) is 13.7 Å². The van der Waals surface area contributed by atoms with Gasteiger partial charge in [-0.05, 0) is 37.1 Å². The van der Waals surface area contributed by atoms with Crippen LogP contribution in [-0.2, 0) is 0 Å². The molecule has 0 spiro atoms. The van der Waals surface area contributed by atoms with Crippen molar-refractivity contribution in [3.05, 3.63) is 23.5 Å². The van der Waals surface area contributed by atoms with Gasteiger partial charge in [0.2, 0.25) is 0 Å². The van der Waals surface area contributed by atoms with Gasteiger partial charge in [0.05, 0.1) is 0 Å². The Morgan fingerprint density at radius 2 is 2.15 bits per heavy atom. The fourth-order valence-electron chi connectivity index (χ4n) is 1.63. The van der Waals surface area contributed by atoms with E-state index in [2.05, 4.69) is 5.43 Å². The molecule has 1 aliphatic rings. The summed E-state index contributed by atoms with van der Waals surface area (Å²) in [6, 6.07) is 3.47. The van der Waals surface area contributed by atoms with E-state index >= 15 is 0 Å². The van der Waals surface area contributed by atoms with Gasteiger partial charge in [-0.2, -0.15) is 0 Å². The SMILES string of the molecule is CB1c2cc(F)c(C)cc2NN1C. The largest absolute Gasteiger partial charge is 0.330 e. The average Bonchev–Trinajstić information content (AvgIpc) is 2.32. The minimum absolute atomic E-state index is 0.123. The van der Waals surface area contributed by atoms with Crippen molar-refractivity contribution < 1.29 is 4.39 Å². The zero-order valence-electron chi connectivity index (χ0n) is 8.06. The second-order valence-electron chi connectivity index (χ2n) is 3.59. The van der Waals surface area contributed by atoms with Crippen molar-refractivity contribution in [1.82, 2.24) is 4.92 Å². The van der Waals surface area contributed by atoms with Gasteiger partial charge in [-0.15, -0.1) is 0 Å². The number of fused-ring (bicyclic) bond motifs is 1. The van der Waals surface area contributed by atoms with E-state index in [1.807, 2.05) is 24.9 Å². The third kappa shape index (κ3) is 1.21. The predicted octanol–water partition coefficient (Wildman–Crippen LogP) is 1.23. The molecule has 0 saturated carbocycles. The Labute approximate surface area is 77.8 Å². The molecular formula is C9H12BFN2. The van der Waals surface area contributed by atoms with Crippen molar-refractivity contribution in [2.75, 3.05) is 12.5 Å². The zero-order chi connectivity index (χ0) is 9.59. The van der Waals surface area contributed by atoms with Gasteiger partial charge < -0.3 is 5.43 Å². The number of rotatable bonds is 0. The summed E-state index contributed by atoms with van der Waals surface area (Å²) in [6.07, 6.45) is 0. The molecule has 0 fully saturated rings. The van der Waals surface area contributed by atoms with Gasteiger partial charge in [-0.25, -0.2) is 4.39 Å². The molecule has 0 radical (unpaired) electrons. The second kappa shape index (κ2) is 2.74. The lowest BCUT2D eigenvalue weighted by molar-refractivity contribution is 0.620. The van der Waals surface area contributed by atoms with Crippen LogP contribution in [0.15, 0.2) is 12.1 Å². The summed E-state index contributed by atoms with van der Waals surface area (Å²) in [4.78, 5) is 1.98. The fraction of sp³-hybridized carbons (Fsp3) is 0.333. The number of aryl methyl sites for hydroxylation is 1. The number of nitrogens with one attached hydrogen (secondary N) is 1. The highest BCUT2D eigenvalue weighted by molar-refractivity contribution is 6.72. The van der Waals surface area contributed by atoms with E-state index in [9.17, 15) is 4.39 Å². The third-order valence-electron chi connectivity index (χ3n) is 2.66. The van der Waals surface area contributed by atoms with Gasteiger partial charge >= 0.3 is 0 Å². The number of nitrogens with zero attached hydrogens (tertiary/aromatic N) is 1. The van der Waals surface area contributed by atoms with E-state index in [0.29, 0.717) is 5.56 Å². The van der Waals surface area contributed by atoms with Crippen LogP contribution >= 0.6 is 0 Å². The minimum Gasteiger partial charge on any atom is -0.330 e. The summed E-state index contributed by atoms with van der Waals surface area (Å²) < 4.78 is 13.2. The predicted molar refractivity (Wildman–Crippen MR) is 53.8 cm³/mol. The van der Waals surface area contributed by atoms with Gasteiger partial charge in [-0.1, -0.05) is 6.82 Å². The van der Waals surface area contributed by atoms with Crippen molar-refractivity contribution in [2.24, 2.45) is 0 Å². The van der Waals surface area contributed by atoms with E-state index < -0.39 is 0 Å². The summed E-state index contributed by atoms with van der Waals surface area (Å²) >= 11 is 0. The van der Waals surface area contributed by atoms with Crippen LogP contribution in [0.25, 0.3) is 0 Å². The lowest BCUT2D eigenvalue weighted by atomic mass is 9.59. The molecule has 2 nitrogen and oxygen atoms in total. The van der Waals surface area contributed by atoms with Gasteiger partial charge in [0.15, 0.2) is 0 Å². The van der Waals surface area contributed by atoms with Crippen molar-refractivity contribution >= 4 is 18.0 Å². The van der Waals surface area contributed by atoms with Crippen LogP contribution in [-0.4, -0.2) is 18.8 Å². The standard InChI is InChI=1S/C9H12BFN2/c1-6-4-9-7(5-8(6)11)10(2)13(3)12-9/h4-5,12H,1-3H3. The Kier molecular flexibility index (Phi) is 1.80. The third-order valence-corrected chi connectivity index (χ3v) is 2.66. The Hall–Kier alpha value is -1.03. The smallest absolute Gasteiger partial charge is 0.278 e. The lowest BCUT2D eigenvalue weighted by Gasteiger charge is -2.11. The maximum atomic E-state index is 13.2. The van der Waals surface area contributed by atoms with Crippen LogP contribution in [0.2, 0.25) is 6.82 Å². The average molecular weight is 178 g/mol. The minimum atomic E-state index is -0.123. The van der Waals surface area contributed by atoms with Crippen LogP contribution in [0, 0.1) is 12.7 Å². The van der Waals surface area contributed by atoms with Crippen LogP contribution in [0.3, 0.4) is 0 Å². The Morgan fingerprint density at radius 1 is 1.46 bits per heavy atom. The van der Waals surface area contributed by atoms with Crippen LogP contribution in [0.1, 0.15) is 5.56 Å². The van der Waals surface area contributed by atoms with Gasteiger partial charge in [0.25, 0.3) is 6.85 Å². The Balaban J connectivity index is 2.53. The maximum absolute atomic E-state index is 13.2. The molecule has 13 heavy (non-hydrogen) atoms. The van der Waals surface area contributed by atoms with Crippen molar-refractivity contribution in [3.8, 4) is 0 Å². The van der Waals surface area contributed by atoms with Gasteiger partial charge in [-0.3, -0.25) is 4.92 Å². The lowest BCUT2D eigenvalue weighted by Crippen LogP contribution is -2.37. The van der Waals surface area contributed by atoms with Crippen LogP contribution < -0.4 is 10.9 Å². The molecule has 0 aliphatic carbocycles. The topological polar surface area (TPSA) is 15.3 Å². The number of anilines is 1. The fourth-order valence-corrected chi connectivity index (χ4v) is 1.63. The molecule has 1 aliphatic heterocycles. The Morgan fingerprint density at radius 3 is 2.85 bits per heavy atom. The summed E-state index contributed by atoms with van der Waals surface area (Å²) in [6.45, 7) is 4.07. The second-order valence-corrected chi connectivity index (χ2v) is 3.59. The monoisotopic (exact) mass is 178 g/mol. The van der Waals surface area contributed by atoms with Gasteiger partial charge in [0.1, 0.15) is 5.82 Å². The molecule has 0 atom stereocenters. The highest BCUT2D eigenvalue weighted by atomic mass is 19.1. The van der Waals surface area contributed by atoms with E-state index in [-0.39, 0.29) is 12.7 Å². The molecule has 0 aromatic heterocycles. The molecule has 1 aromatic carbocycles. The number of hydrogen-bond donors (Lipinski definition) is 1. The number of benzene rings is 1. The number of halogens is 1. The molecule has 1 heterocycles. The maximum Gasteiger partial charge on any atom is 0.278 e. The van der Waals surface area contributed by atoms with Gasteiger partial charge in [0, 0.05) is 5.69 Å². The molecule has 68 valence electrons. The molecule has 0 saturated heterocycles. The Bertz CT molecular complexity index is 354. The molecular weight excluding hydrogens is 166 g/mol. The molecule has 1 N–H and O–H groups in total. The first-order valence-corrected chi connectivity index (χ1v) is 4.39. The van der Waals surface area contributed by atoms with E-state index in [1.165, 1.54) is 0 Å². The van der Waals surface area contributed by atoms with Crippen LogP contribution in [0.5, 0.6) is 0 Å². The molecule has 0 unspecified atom stereocenters. The number of hydrazine groups is 1.